The largest absolute Gasteiger partial charge is 0.390 e. The lowest BCUT2D eigenvalue weighted by Gasteiger charge is -2.32. The molecule has 1 saturated heterocycles. The zero-order chi connectivity index (χ0) is 28.5. The van der Waals surface area contributed by atoms with E-state index in [9.17, 15) is 19.5 Å². The van der Waals surface area contributed by atoms with E-state index >= 15 is 0 Å². The number of imide groups is 2. The number of fused-ring (bicyclic) bond motifs is 1. The summed E-state index contributed by atoms with van der Waals surface area (Å²) in [7, 11) is 4.02. The number of allylic oxidation sites excluding steroid dienone is 1. The van der Waals surface area contributed by atoms with Gasteiger partial charge in [-0.1, -0.05) is 12.1 Å². The number of urea groups is 1. The minimum atomic E-state index is -0.579. The summed E-state index contributed by atoms with van der Waals surface area (Å²) < 4.78 is 2.12. The zero-order valence-corrected chi connectivity index (χ0v) is 23.6. The Kier molecular flexibility index (Phi) is 7.88. The maximum Gasteiger partial charge on any atom is 0.333 e. The maximum atomic E-state index is 13.0. The second kappa shape index (κ2) is 11.0. The highest BCUT2D eigenvalue weighted by Gasteiger charge is 2.45. The Hall–Kier alpha value is -4.04. The van der Waals surface area contributed by atoms with E-state index < -0.39 is 23.3 Å². The van der Waals surface area contributed by atoms with E-state index in [1.165, 1.54) is 0 Å². The first kappa shape index (κ1) is 28.0. The van der Waals surface area contributed by atoms with Gasteiger partial charge in [0, 0.05) is 50.6 Å². The highest BCUT2D eigenvalue weighted by Crippen LogP contribution is 2.41. The van der Waals surface area contributed by atoms with E-state index in [0.29, 0.717) is 12.1 Å². The molecule has 4 rings (SSSR count). The number of benzene rings is 2. The van der Waals surface area contributed by atoms with E-state index in [1.54, 1.807) is 19.9 Å². The molecule has 2 aliphatic heterocycles. The van der Waals surface area contributed by atoms with Crippen molar-refractivity contribution in [2.75, 3.05) is 45.2 Å². The highest BCUT2D eigenvalue weighted by atomic mass is 16.3. The third-order valence-corrected chi connectivity index (χ3v) is 7.44. The lowest BCUT2D eigenvalue weighted by Crippen LogP contribution is -2.56. The van der Waals surface area contributed by atoms with Gasteiger partial charge in [0.05, 0.1) is 5.41 Å². The van der Waals surface area contributed by atoms with Gasteiger partial charge in [0.25, 0.3) is 11.8 Å². The molecule has 2 aromatic carbocycles. The van der Waals surface area contributed by atoms with Crippen LogP contribution in [0.4, 0.5) is 16.2 Å². The van der Waals surface area contributed by atoms with Crippen LogP contribution in [0.15, 0.2) is 54.1 Å². The molecule has 204 valence electrons. The third kappa shape index (κ3) is 5.04. The smallest absolute Gasteiger partial charge is 0.333 e. The molecule has 2 heterocycles. The van der Waals surface area contributed by atoms with Crippen molar-refractivity contribution >= 4 is 47.1 Å². The van der Waals surface area contributed by atoms with Gasteiger partial charge in [0.1, 0.15) is 12.2 Å². The number of aliphatic hydroxyl groups is 1. The molecule has 1 fully saturated rings. The molecule has 0 aliphatic carbocycles. The van der Waals surface area contributed by atoms with E-state index in [2.05, 4.69) is 59.7 Å². The molecule has 8 nitrogen and oxygen atoms in total. The molecule has 1 N–H and O–H groups in total. The topological polar surface area (TPSA) is 84.2 Å². The SMILES string of the molecule is CCN1C(=O)C(=Cc2ccc3c(c2)C(C)(C)C(/C=C/c2ccc(N(C)C)cc2)=[N+]3CCO)C(=O)N(CC)C1=O. The number of likely N-dealkylation sites (N-methyl/N-ethyl adjacent to an activating group) is 2. The fourth-order valence-electron chi connectivity index (χ4n) is 5.23. The van der Waals surface area contributed by atoms with Crippen LogP contribution in [0.1, 0.15) is 44.4 Å². The number of carbonyl (C=O) groups is 3. The van der Waals surface area contributed by atoms with Gasteiger partial charge < -0.3 is 10.0 Å². The summed E-state index contributed by atoms with van der Waals surface area (Å²) in [4.78, 5) is 42.8. The summed E-state index contributed by atoms with van der Waals surface area (Å²) in [6.45, 7) is 8.49. The molecule has 4 amide bonds. The number of aliphatic hydroxyl groups excluding tert-OH is 1. The summed E-state index contributed by atoms with van der Waals surface area (Å²) in [6.07, 6.45) is 5.75. The molecule has 0 atom stereocenters. The first-order chi connectivity index (χ1) is 18.5. The fraction of sp³-hybridized carbons (Fsp3) is 0.355. The van der Waals surface area contributed by atoms with Gasteiger partial charge in [0.15, 0.2) is 12.3 Å². The van der Waals surface area contributed by atoms with Crippen LogP contribution in [0.3, 0.4) is 0 Å². The van der Waals surface area contributed by atoms with Gasteiger partial charge in [-0.05, 0) is 75.2 Å². The Morgan fingerprint density at radius 2 is 1.49 bits per heavy atom. The molecule has 0 aromatic heterocycles. The number of hydrogen-bond donors (Lipinski definition) is 1. The van der Waals surface area contributed by atoms with Crippen LogP contribution in [0.2, 0.25) is 0 Å². The van der Waals surface area contributed by atoms with Crippen molar-refractivity contribution in [3.8, 4) is 0 Å². The summed E-state index contributed by atoms with van der Waals surface area (Å²) in [5.74, 6) is -1.15. The van der Waals surface area contributed by atoms with Crippen LogP contribution in [-0.4, -0.2) is 83.4 Å². The van der Waals surface area contributed by atoms with Crippen molar-refractivity contribution < 1.29 is 24.1 Å². The molecule has 0 bridgehead atoms. The van der Waals surface area contributed by atoms with Gasteiger partial charge in [-0.2, -0.15) is 4.58 Å². The van der Waals surface area contributed by atoms with Gasteiger partial charge in [-0.25, -0.2) is 4.79 Å². The molecule has 2 aliphatic rings. The average molecular weight is 530 g/mol. The number of anilines is 1. The Morgan fingerprint density at radius 1 is 0.897 bits per heavy atom. The number of amides is 4. The molecular weight excluding hydrogens is 492 g/mol. The second-order valence-corrected chi connectivity index (χ2v) is 10.4. The monoisotopic (exact) mass is 529 g/mol. The van der Waals surface area contributed by atoms with Gasteiger partial charge in [-0.3, -0.25) is 19.4 Å². The molecule has 0 radical (unpaired) electrons. The summed E-state index contributed by atoms with van der Waals surface area (Å²) in [5, 5.41) is 9.85. The van der Waals surface area contributed by atoms with Crippen LogP contribution < -0.4 is 4.90 Å². The van der Waals surface area contributed by atoms with Gasteiger partial charge in [0.2, 0.25) is 5.69 Å². The summed E-state index contributed by atoms with van der Waals surface area (Å²) >= 11 is 0. The third-order valence-electron chi connectivity index (χ3n) is 7.44. The minimum Gasteiger partial charge on any atom is -0.390 e. The Labute approximate surface area is 230 Å². The van der Waals surface area contributed by atoms with Gasteiger partial charge >= 0.3 is 6.03 Å². The predicted molar refractivity (Wildman–Crippen MR) is 154 cm³/mol. The molecule has 39 heavy (non-hydrogen) atoms. The number of carbonyl (C=O) groups excluding carboxylic acids is 3. The molecule has 0 saturated carbocycles. The van der Waals surface area contributed by atoms with Crippen molar-refractivity contribution in [2.45, 2.75) is 33.1 Å². The Bertz CT molecular complexity index is 1370. The Morgan fingerprint density at radius 3 is 2.03 bits per heavy atom. The van der Waals surface area contributed by atoms with E-state index in [4.69, 9.17) is 0 Å². The lowest BCUT2D eigenvalue weighted by atomic mass is 9.80. The van der Waals surface area contributed by atoms with Crippen molar-refractivity contribution in [3.05, 3.63) is 70.8 Å². The summed E-state index contributed by atoms with van der Waals surface area (Å²) in [6, 6.07) is 13.5. The van der Waals surface area contributed by atoms with Crippen LogP contribution in [0.25, 0.3) is 12.2 Å². The van der Waals surface area contributed by atoms with Crippen LogP contribution in [-0.2, 0) is 15.0 Å². The lowest BCUT2D eigenvalue weighted by molar-refractivity contribution is -0.440. The van der Waals surface area contributed by atoms with Crippen molar-refractivity contribution in [1.82, 2.24) is 9.80 Å². The molecule has 0 unspecified atom stereocenters. The van der Waals surface area contributed by atoms with E-state index in [1.807, 2.05) is 32.3 Å². The van der Waals surface area contributed by atoms with Crippen LogP contribution >= 0.6 is 0 Å². The maximum absolute atomic E-state index is 13.0. The zero-order valence-electron chi connectivity index (χ0n) is 23.6. The molecular formula is C31H37N4O4+. The number of hydrogen-bond acceptors (Lipinski definition) is 5. The first-order valence-corrected chi connectivity index (χ1v) is 13.3. The van der Waals surface area contributed by atoms with E-state index in [0.717, 1.165) is 38.0 Å². The predicted octanol–water partition coefficient (Wildman–Crippen LogP) is 4.05. The van der Waals surface area contributed by atoms with Gasteiger partial charge in [-0.15, -0.1) is 0 Å². The molecule has 0 spiro atoms. The van der Waals surface area contributed by atoms with Crippen LogP contribution in [0.5, 0.6) is 0 Å². The fourth-order valence-corrected chi connectivity index (χ4v) is 5.23. The highest BCUT2D eigenvalue weighted by molar-refractivity contribution is 6.30. The summed E-state index contributed by atoms with van der Waals surface area (Å²) in [5.41, 5.74) is 5.51. The van der Waals surface area contributed by atoms with Crippen molar-refractivity contribution in [2.24, 2.45) is 0 Å². The first-order valence-electron chi connectivity index (χ1n) is 13.3. The van der Waals surface area contributed by atoms with E-state index in [-0.39, 0.29) is 25.3 Å². The average Bonchev–Trinajstić information content (AvgIpc) is 3.11. The Balaban J connectivity index is 1.72. The minimum absolute atomic E-state index is 0.00701. The second-order valence-electron chi connectivity index (χ2n) is 10.4. The number of β-amino-alcohol motifs (C(OH)–C–C–N with tert-alkyl or cyclic N) is 1. The van der Waals surface area contributed by atoms with Crippen LogP contribution in [0, 0.1) is 0 Å². The molecule has 8 heteroatoms. The van der Waals surface area contributed by atoms with Crippen molar-refractivity contribution in [1.29, 1.82) is 0 Å². The quantitative estimate of drug-likeness (QED) is 0.317. The number of barbiturate groups is 1. The number of nitrogens with zero attached hydrogens (tertiary/aromatic N) is 4. The molecule has 2 aromatic rings. The number of rotatable bonds is 8. The standard InChI is InChI=1S/C31H37N4O4/c1-7-33-28(37)24(29(38)34(8-2)30(33)39)19-22-11-15-26-25(20-22)31(3,4)27(35(26)17-18-36)16-12-21-9-13-23(14-10-21)32(5)6/h9-16,19-20,36H,7-8,17-18H2,1-6H3/q+1. The van der Waals surface area contributed by atoms with Crippen molar-refractivity contribution in [3.63, 3.8) is 0 Å². The normalized spacial score (nSPS) is 17.0.